The molecule has 0 aliphatic carbocycles. The van der Waals surface area contributed by atoms with E-state index < -0.39 is 17.6 Å². The van der Waals surface area contributed by atoms with Crippen LogP contribution in [-0.2, 0) is 0 Å². The molecule has 3 rings (SSSR count). The molecule has 7 heteroatoms. The van der Waals surface area contributed by atoms with Crippen LogP contribution in [0.3, 0.4) is 0 Å². The lowest BCUT2D eigenvalue weighted by atomic mass is 10.2. The van der Waals surface area contributed by atoms with Crippen LogP contribution in [0.2, 0.25) is 0 Å². The Balaban J connectivity index is 2.03. The van der Waals surface area contributed by atoms with Gasteiger partial charge in [-0.05, 0) is 18.2 Å². The van der Waals surface area contributed by atoms with Crippen LogP contribution >= 0.6 is 0 Å². The number of rotatable bonds is 3. The van der Waals surface area contributed by atoms with Crippen molar-refractivity contribution in [2.24, 2.45) is 0 Å². The molecule has 0 amide bonds. The lowest BCUT2D eigenvalue weighted by Gasteiger charge is -2.08. The first-order valence-electron chi connectivity index (χ1n) is 5.88. The van der Waals surface area contributed by atoms with Gasteiger partial charge in [0.25, 0.3) is 0 Å². The molecule has 5 nitrogen and oxygen atoms in total. The first-order chi connectivity index (χ1) is 10.0. The molecule has 0 saturated heterocycles. The van der Waals surface area contributed by atoms with Crippen molar-refractivity contribution >= 4 is 17.0 Å². The minimum atomic E-state index is -1.26. The number of ether oxygens (including phenoxy) is 1. The fourth-order valence-electron chi connectivity index (χ4n) is 1.89. The smallest absolute Gasteiger partial charge is 0.339 e. The van der Waals surface area contributed by atoms with E-state index in [1.54, 1.807) is 0 Å². The van der Waals surface area contributed by atoms with E-state index >= 15 is 0 Å². The third-order valence-corrected chi connectivity index (χ3v) is 2.86. The molecule has 0 aliphatic rings. The van der Waals surface area contributed by atoms with Gasteiger partial charge in [-0.3, -0.25) is 0 Å². The average Bonchev–Trinajstić information content (AvgIpc) is 2.80. The molecular weight excluding hydrogens is 282 g/mol. The van der Waals surface area contributed by atoms with E-state index in [2.05, 4.69) is 9.97 Å². The highest BCUT2D eigenvalue weighted by Crippen LogP contribution is 2.28. The number of hydrogen-bond acceptors (Lipinski definition) is 3. The Morgan fingerprint density at radius 2 is 2.10 bits per heavy atom. The normalized spacial score (nSPS) is 10.8. The van der Waals surface area contributed by atoms with E-state index in [1.165, 1.54) is 12.3 Å². The fourth-order valence-corrected chi connectivity index (χ4v) is 1.89. The maximum Gasteiger partial charge on any atom is 0.339 e. The van der Waals surface area contributed by atoms with Gasteiger partial charge in [-0.25, -0.2) is 18.6 Å². The average molecular weight is 290 g/mol. The molecule has 0 atom stereocenters. The summed E-state index contributed by atoms with van der Waals surface area (Å²) in [5.74, 6) is -2.49. The van der Waals surface area contributed by atoms with Crippen molar-refractivity contribution in [1.29, 1.82) is 0 Å². The SMILES string of the molecule is O=C(O)c1ccc(F)cc1Oc1cnc2[nH]cc(F)c2c1. The topological polar surface area (TPSA) is 75.2 Å². The Labute approximate surface area is 116 Å². The second-order valence-electron chi connectivity index (χ2n) is 4.25. The van der Waals surface area contributed by atoms with E-state index in [0.717, 1.165) is 24.4 Å². The Bertz CT molecular complexity index is 845. The molecule has 0 bridgehead atoms. The molecule has 0 spiro atoms. The largest absolute Gasteiger partial charge is 0.478 e. The number of nitrogens with zero attached hydrogens (tertiary/aromatic N) is 1. The highest BCUT2D eigenvalue weighted by Gasteiger charge is 2.14. The van der Waals surface area contributed by atoms with Crippen LogP contribution in [0.5, 0.6) is 11.5 Å². The Kier molecular flexibility index (Phi) is 3.02. The number of benzene rings is 1. The first kappa shape index (κ1) is 13.0. The summed E-state index contributed by atoms with van der Waals surface area (Å²) in [6, 6.07) is 4.41. The zero-order valence-corrected chi connectivity index (χ0v) is 10.4. The molecule has 21 heavy (non-hydrogen) atoms. The number of fused-ring (bicyclic) bond motifs is 1. The highest BCUT2D eigenvalue weighted by atomic mass is 19.1. The van der Waals surface area contributed by atoms with Gasteiger partial charge in [-0.1, -0.05) is 0 Å². The second kappa shape index (κ2) is 4.86. The predicted octanol–water partition coefficient (Wildman–Crippen LogP) is 3.33. The molecule has 1 aromatic carbocycles. The molecule has 0 aliphatic heterocycles. The van der Waals surface area contributed by atoms with Gasteiger partial charge in [0.05, 0.1) is 11.6 Å². The van der Waals surface area contributed by atoms with Crippen molar-refractivity contribution < 1.29 is 23.4 Å². The van der Waals surface area contributed by atoms with Gasteiger partial charge in [0.15, 0.2) is 0 Å². The number of halogens is 2. The lowest BCUT2D eigenvalue weighted by Crippen LogP contribution is -2.00. The summed E-state index contributed by atoms with van der Waals surface area (Å²) in [6.07, 6.45) is 2.43. The van der Waals surface area contributed by atoms with Crippen molar-refractivity contribution in [3.63, 3.8) is 0 Å². The van der Waals surface area contributed by atoms with Crippen LogP contribution in [0.4, 0.5) is 8.78 Å². The minimum Gasteiger partial charge on any atom is -0.478 e. The first-order valence-corrected chi connectivity index (χ1v) is 5.88. The Morgan fingerprint density at radius 1 is 1.29 bits per heavy atom. The summed E-state index contributed by atoms with van der Waals surface area (Å²) in [6.45, 7) is 0. The van der Waals surface area contributed by atoms with E-state index in [9.17, 15) is 13.6 Å². The zero-order chi connectivity index (χ0) is 15.0. The van der Waals surface area contributed by atoms with Gasteiger partial charge in [-0.2, -0.15) is 0 Å². The van der Waals surface area contributed by atoms with Crippen LogP contribution in [0.25, 0.3) is 11.0 Å². The number of aromatic carboxylic acids is 1. The van der Waals surface area contributed by atoms with Crippen molar-refractivity contribution in [1.82, 2.24) is 9.97 Å². The van der Waals surface area contributed by atoms with Crippen LogP contribution < -0.4 is 4.74 Å². The quantitative estimate of drug-likeness (QED) is 0.775. The standard InChI is InChI=1S/C14H8F2N2O3/c15-7-1-2-9(14(19)20)12(3-7)21-8-4-10-11(16)6-18-13(10)17-5-8/h1-6H,(H,17,18)(H,19,20). The van der Waals surface area contributed by atoms with E-state index in [0.29, 0.717) is 5.65 Å². The number of H-pyrrole nitrogens is 1. The van der Waals surface area contributed by atoms with Crippen molar-refractivity contribution in [3.05, 3.63) is 53.9 Å². The molecule has 0 unspecified atom stereocenters. The summed E-state index contributed by atoms with van der Waals surface area (Å²) in [5.41, 5.74) is 0.128. The fraction of sp³-hybridized carbons (Fsp3) is 0. The molecule has 2 aromatic heterocycles. The number of hydrogen-bond donors (Lipinski definition) is 2. The summed E-state index contributed by atoms with van der Waals surface area (Å²) in [7, 11) is 0. The zero-order valence-electron chi connectivity index (χ0n) is 10.4. The van der Waals surface area contributed by atoms with Gasteiger partial charge in [0.2, 0.25) is 0 Å². The van der Waals surface area contributed by atoms with E-state index in [1.807, 2.05) is 0 Å². The number of carbonyl (C=O) groups is 1. The van der Waals surface area contributed by atoms with Crippen LogP contribution in [-0.4, -0.2) is 21.0 Å². The predicted molar refractivity (Wildman–Crippen MR) is 69.5 cm³/mol. The summed E-state index contributed by atoms with van der Waals surface area (Å²) in [5, 5.41) is 9.23. The summed E-state index contributed by atoms with van der Waals surface area (Å²) < 4.78 is 32.0. The van der Waals surface area contributed by atoms with E-state index in [-0.39, 0.29) is 22.4 Å². The summed E-state index contributed by atoms with van der Waals surface area (Å²) >= 11 is 0. The van der Waals surface area contributed by atoms with Gasteiger partial charge in [0, 0.05) is 12.3 Å². The second-order valence-corrected chi connectivity index (χ2v) is 4.25. The highest BCUT2D eigenvalue weighted by molar-refractivity contribution is 5.91. The monoisotopic (exact) mass is 290 g/mol. The molecule has 0 saturated carbocycles. The van der Waals surface area contributed by atoms with Gasteiger partial charge < -0.3 is 14.8 Å². The van der Waals surface area contributed by atoms with Crippen LogP contribution in [0, 0.1) is 11.6 Å². The number of carboxylic acid groups (broad SMARTS) is 1. The van der Waals surface area contributed by atoms with Crippen molar-refractivity contribution in [2.45, 2.75) is 0 Å². The third-order valence-electron chi connectivity index (χ3n) is 2.86. The maximum absolute atomic E-state index is 13.5. The van der Waals surface area contributed by atoms with Crippen LogP contribution in [0.15, 0.2) is 36.7 Å². The molecule has 106 valence electrons. The van der Waals surface area contributed by atoms with Gasteiger partial charge in [-0.15, -0.1) is 0 Å². The molecular formula is C14H8F2N2O3. The van der Waals surface area contributed by atoms with Crippen molar-refractivity contribution in [2.75, 3.05) is 0 Å². The third kappa shape index (κ3) is 2.40. The number of nitrogens with one attached hydrogen (secondary N) is 1. The van der Waals surface area contributed by atoms with Gasteiger partial charge >= 0.3 is 5.97 Å². The Hall–Kier alpha value is -2.96. The number of pyridine rings is 1. The molecule has 0 radical (unpaired) electrons. The van der Waals surface area contributed by atoms with Gasteiger partial charge in [0.1, 0.15) is 34.3 Å². The van der Waals surface area contributed by atoms with Crippen LogP contribution in [0.1, 0.15) is 10.4 Å². The summed E-state index contributed by atoms with van der Waals surface area (Å²) in [4.78, 5) is 17.6. The maximum atomic E-state index is 13.5. The molecule has 0 fully saturated rings. The van der Waals surface area contributed by atoms with E-state index in [4.69, 9.17) is 9.84 Å². The lowest BCUT2D eigenvalue weighted by molar-refractivity contribution is 0.0694. The number of carboxylic acids is 1. The Morgan fingerprint density at radius 3 is 2.86 bits per heavy atom. The minimum absolute atomic E-state index is 0.106. The molecule has 2 heterocycles. The number of aromatic nitrogens is 2. The van der Waals surface area contributed by atoms with Crippen molar-refractivity contribution in [3.8, 4) is 11.5 Å². The molecule has 2 N–H and O–H groups in total. The molecule has 3 aromatic rings. The number of aromatic amines is 1.